The van der Waals surface area contributed by atoms with E-state index in [1.807, 2.05) is 91.0 Å². The second kappa shape index (κ2) is 26.8. The first-order valence-electron chi connectivity index (χ1n) is 30.2. The van der Waals surface area contributed by atoms with Gasteiger partial charge in [0.05, 0.1) is 33.6 Å². The predicted octanol–water partition coefficient (Wildman–Crippen LogP) is 15.1. The number of allylic oxidation sites excluding steroid dienone is 1. The number of benzene rings is 7. The van der Waals surface area contributed by atoms with Crippen LogP contribution in [0, 0.1) is 9.49 Å². The minimum atomic E-state index is -0.181. The third kappa shape index (κ3) is 13.5. The molecular weight excluding hydrogens is 1440 g/mol. The molecule has 0 bridgehead atoms. The van der Waals surface area contributed by atoms with Crippen LogP contribution in [0.3, 0.4) is 0 Å². The SMILES string of the molecule is CNC(=O)c1c2cc(C3CC3)c(/C=C/C(C)=O)cc2nn1-c1ccc(Br)cc1.CNC(=O)c1c2cc(C3CC3)c(I)cc2nn1-c1ccc(Br)cc1.CNC(=O)c1c2cc(C3CC3)c([C@@H]3CN(Cc4ccccc4)C[C@H]3C(C)=O)cc2nn1-c1ccc(Br)cc1. The molecule has 4 aliphatic rings. The van der Waals surface area contributed by atoms with Gasteiger partial charge in [0.2, 0.25) is 0 Å². The Morgan fingerprint density at radius 1 is 0.511 bits per heavy atom. The van der Waals surface area contributed by atoms with Gasteiger partial charge < -0.3 is 16.0 Å². The quantitative estimate of drug-likeness (QED) is 0.0665. The van der Waals surface area contributed by atoms with Crippen LogP contribution in [0.5, 0.6) is 0 Å². The summed E-state index contributed by atoms with van der Waals surface area (Å²) < 4.78 is 9.32. The Morgan fingerprint density at radius 3 is 1.36 bits per heavy atom. The molecule has 3 aromatic heterocycles. The Labute approximate surface area is 561 Å². The van der Waals surface area contributed by atoms with E-state index in [2.05, 4.69) is 146 Å². The van der Waals surface area contributed by atoms with Crippen molar-refractivity contribution in [2.45, 2.75) is 82.6 Å². The summed E-state index contributed by atoms with van der Waals surface area (Å²) in [5.74, 6) is 1.41. The van der Waals surface area contributed by atoms with E-state index in [1.165, 1.54) is 51.2 Å². The number of Topliss-reactive ketones (excluding diaryl/α,β-unsaturated/α-hetero) is 1. The average Bonchev–Trinajstić information content (AvgIpc) is 1.64. The van der Waals surface area contributed by atoms with Crippen LogP contribution in [0.25, 0.3) is 55.8 Å². The molecule has 0 spiro atoms. The summed E-state index contributed by atoms with van der Waals surface area (Å²) in [6, 6.07) is 46.4. The van der Waals surface area contributed by atoms with Gasteiger partial charge in [0.15, 0.2) is 5.78 Å². The van der Waals surface area contributed by atoms with Crippen LogP contribution < -0.4 is 16.0 Å². The highest BCUT2D eigenvalue weighted by Gasteiger charge is 2.41. The van der Waals surface area contributed by atoms with Crippen LogP contribution in [-0.2, 0) is 16.1 Å². The van der Waals surface area contributed by atoms with Crippen molar-refractivity contribution in [3.63, 3.8) is 0 Å². The van der Waals surface area contributed by atoms with Gasteiger partial charge >= 0.3 is 0 Å². The molecular formula is C71H66Br3IN10O5. The number of hydrogen-bond donors (Lipinski definition) is 3. The van der Waals surface area contributed by atoms with Crippen molar-refractivity contribution in [2.24, 2.45) is 5.92 Å². The van der Waals surface area contributed by atoms with Crippen molar-refractivity contribution in [1.82, 2.24) is 50.2 Å². The number of nitrogens with zero attached hydrogens (tertiary/aromatic N) is 7. The van der Waals surface area contributed by atoms with Gasteiger partial charge in [-0.3, -0.25) is 28.9 Å². The topological polar surface area (TPSA) is 178 Å². The predicted molar refractivity (Wildman–Crippen MR) is 373 cm³/mol. The van der Waals surface area contributed by atoms with E-state index < -0.39 is 0 Å². The van der Waals surface area contributed by atoms with Crippen LogP contribution in [0.2, 0.25) is 0 Å². The first-order chi connectivity index (χ1) is 43.5. The monoisotopic (exact) mass is 1500 g/mol. The zero-order valence-electron chi connectivity index (χ0n) is 50.4. The van der Waals surface area contributed by atoms with Gasteiger partial charge in [-0.2, -0.15) is 15.3 Å². The third-order valence-corrected chi connectivity index (χ3v) is 19.7. The number of nitrogens with one attached hydrogen (secondary N) is 3. The Hall–Kier alpha value is -7.43. The zero-order chi connectivity index (χ0) is 63.1. The van der Waals surface area contributed by atoms with Crippen LogP contribution in [0.1, 0.15) is 141 Å². The second-order valence-electron chi connectivity index (χ2n) is 23.6. The first kappa shape index (κ1) is 62.7. The lowest BCUT2D eigenvalue weighted by atomic mass is 9.82. The molecule has 2 atom stereocenters. The smallest absolute Gasteiger partial charge is 0.270 e. The van der Waals surface area contributed by atoms with E-state index in [1.54, 1.807) is 48.2 Å². The number of fused-ring (bicyclic) bond motifs is 3. The fraction of sp³-hybridized carbons (Fsp3) is 0.268. The van der Waals surface area contributed by atoms with Crippen molar-refractivity contribution < 1.29 is 24.0 Å². The zero-order valence-corrected chi connectivity index (χ0v) is 57.3. The number of carbonyl (C=O) groups is 5. The molecule has 10 aromatic rings. The summed E-state index contributed by atoms with van der Waals surface area (Å²) in [5, 5.41) is 25.2. The molecule has 0 unspecified atom stereocenters. The molecule has 19 heteroatoms. The van der Waals surface area contributed by atoms with E-state index in [4.69, 9.17) is 15.3 Å². The van der Waals surface area contributed by atoms with Crippen LogP contribution in [0.4, 0.5) is 0 Å². The van der Waals surface area contributed by atoms with Crippen LogP contribution in [0.15, 0.2) is 159 Å². The standard InChI is InChI=1S/C31H31BrN4O2.C22H20BrN3O2.C18H15BrIN3O/c1-19(37)27-17-35(16-20-6-4-3-5-7-20)18-28(27)25-15-29-26(14-24(25)21-8-9-21)30(31(38)33-2)36(34-29)23-12-10-22(32)11-13-23;1-13(27)3-4-15-11-20-19(12-18(15)14-5-6-14)21(22(28)24-2)26(25-20)17-9-7-16(23)8-10-17;1-21-18(24)17-14-8-13(10-2-3-10)15(20)9-16(14)22-23(17)12-6-4-11(19)5-7-12/h3-7,10-15,21,27-28H,8-9,16-18H2,1-2H3,(H,33,38);3-4,7-12,14H,5-6H2,1-2H3,(H,24,28);4-10H,2-3H2,1H3,(H,21,24)/b;4-3+;/t27-,28-;;/m0../s1. The van der Waals surface area contributed by atoms with Crippen molar-refractivity contribution >= 4 is 138 Å². The molecule has 3 saturated carbocycles. The minimum absolute atomic E-state index is 0.00767. The summed E-state index contributed by atoms with van der Waals surface area (Å²) in [4.78, 5) is 65.1. The number of ketones is 2. The van der Waals surface area contributed by atoms with Crippen molar-refractivity contribution in [1.29, 1.82) is 0 Å². The molecule has 1 saturated heterocycles. The van der Waals surface area contributed by atoms with Crippen molar-refractivity contribution in [2.75, 3.05) is 34.2 Å². The van der Waals surface area contributed by atoms with E-state index in [0.29, 0.717) is 34.8 Å². The normalized spacial score (nSPS) is 16.4. The molecule has 1 aliphatic heterocycles. The molecule has 4 heterocycles. The number of halogens is 4. The molecule has 14 rings (SSSR count). The van der Waals surface area contributed by atoms with E-state index in [-0.39, 0.29) is 41.1 Å². The molecule has 15 nitrogen and oxygen atoms in total. The van der Waals surface area contributed by atoms with E-state index in [0.717, 1.165) is 114 Å². The maximum absolute atomic E-state index is 13.1. The largest absolute Gasteiger partial charge is 0.354 e. The lowest BCUT2D eigenvalue weighted by molar-refractivity contribution is -0.120. The lowest BCUT2D eigenvalue weighted by Gasteiger charge is -2.20. The van der Waals surface area contributed by atoms with Gasteiger partial charge in [0.25, 0.3) is 17.7 Å². The molecule has 90 heavy (non-hydrogen) atoms. The van der Waals surface area contributed by atoms with Gasteiger partial charge in [0.1, 0.15) is 22.9 Å². The summed E-state index contributed by atoms with van der Waals surface area (Å²) in [6.07, 6.45) is 10.4. The van der Waals surface area contributed by atoms with E-state index in [9.17, 15) is 24.0 Å². The Kier molecular flexibility index (Phi) is 18.7. The molecule has 4 fully saturated rings. The maximum Gasteiger partial charge on any atom is 0.270 e. The molecule has 3 aliphatic carbocycles. The summed E-state index contributed by atoms with van der Waals surface area (Å²) in [6.45, 7) is 5.69. The molecule has 7 aromatic carbocycles. The van der Waals surface area contributed by atoms with Gasteiger partial charge in [-0.25, -0.2) is 14.0 Å². The molecule has 3 N–H and O–H groups in total. The molecule has 0 radical (unpaired) electrons. The maximum atomic E-state index is 13.1. The number of carbonyl (C=O) groups excluding carboxylic acids is 5. The second-order valence-corrected chi connectivity index (χ2v) is 27.5. The van der Waals surface area contributed by atoms with Gasteiger partial charge in [0, 0.05) is 85.8 Å². The number of amides is 3. The molecule has 3 amide bonds. The summed E-state index contributed by atoms with van der Waals surface area (Å²) in [5.41, 5.74) is 13.8. The highest BCUT2D eigenvalue weighted by Crippen LogP contribution is 2.49. The van der Waals surface area contributed by atoms with Gasteiger partial charge in [-0.1, -0.05) is 84.2 Å². The number of aromatic nitrogens is 6. The number of hydrogen-bond acceptors (Lipinski definition) is 9. The summed E-state index contributed by atoms with van der Waals surface area (Å²) >= 11 is 12.8. The van der Waals surface area contributed by atoms with Crippen LogP contribution >= 0.6 is 70.4 Å². The Bertz CT molecular complexity index is 4450. The van der Waals surface area contributed by atoms with E-state index >= 15 is 0 Å². The highest BCUT2D eigenvalue weighted by atomic mass is 127. The number of rotatable bonds is 15. The highest BCUT2D eigenvalue weighted by molar-refractivity contribution is 14.1. The fourth-order valence-electron chi connectivity index (χ4n) is 12.2. The third-order valence-electron chi connectivity index (χ3n) is 17.2. The van der Waals surface area contributed by atoms with Crippen molar-refractivity contribution in [3.05, 3.63) is 213 Å². The van der Waals surface area contributed by atoms with Crippen LogP contribution in [-0.4, -0.2) is 97.8 Å². The van der Waals surface area contributed by atoms with Gasteiger partial charge in [-0.15, -0.1) is 0 Å². The number of likely N-dealkylation sites (tertiary alicyclic amines) is 1. The lowest BCUT2D eigenvalue weighted by Crippen LogP contribution is -2.22. The van der Waals surface area contributed by atoms with Crippen molar-refractivity contribution in [3.8, 4) is 17.1 Å². The fourth-order valence-corrected chi connectivity index (χ4v) is 13.9. The Balaban J connectivity index is 0.000000135. The minimum Gasteiger partial charge on any atom is -0.354 e. The van der Waals surface area contributed by atoms with Gasteiger partial charge in [-0.05, 0) is 241 Å². The molecule has 458 valence electrons. The summed E-state index contributed by atoms with van der Waals surface area (Å²) in [7, 11) is 4.93. The average molecular weight is 1510 g/mol. The first-order valence-corrected chi connectivity index (χ1v) is 33.7. The Morgan fingerprint density at radius 2 is 0.922 bits per heavy atom.